The van der Waals surface area contributed by atoms with Gasteiger partial charge in [-0.05, 0) is 18.6 Å². The minimum absolute atomic E-state index is 0.0844. The van der Waals surface area contributed by atoms with Gasteiger partial charge in [0.05, 0.1) is 11.3 Å². The number of benzene rings is 1. The van der Waals surface area contributed by atoms with Crippen LogP contribution in [0, 0.1) is 18.3 Å². The van der Waals surface area contributed by atoms with Crippen molar-refractivity contribution in [1.29, 1.82) is 5.26 Å². The number of nitrogens with one attached hydrogen (secondary N) is 1. The fourth-order valence-electron chi connectivity index (χ4n) is 1.38. The van der Waals surface area contributed by atoms with Crippen LogP contribution in [-0.4, -0.2) is 28.2 Å². The van der Waals surface area contributed by atoms with Gasteiger partial charge in [0.25, 0.3) is 0 Å². The molecule has 0 saturated heterocycles. The number of aryl methyl sites for hydroxylation is 1. The number of sulfonamides is 1. The van der Waals surface area contributed by atoms with Gasteiger partial charge in [-0.1, -0.05) is 12.1 Å². The van der Waals surface area contributed by atoms with Gasteiger partial charge in [0.1, 0.15) is 6.07 Å². The summed E-state index contributed by atoms with van der Waals surface area (Å²) < 4.78 is 47.2. The molecule has 0 amide bonds. The summed E-state index contributed by atoms with van der Waals surface area (Å²) in [5.74, 6) is 0. The van der Waals surface area contributed by atoms with Crippen molar-refractivity contribution in [3.8, 4) is 6.07 Å². The van der Waals surface area contributed by atoms with E-state index in [0.717, 1.165) is 6.26 Å². The van der Waals surface area contributed by atoms with E-state index in [4.69, 9.17) is 5.26 Å². The lowest BCUT2D eigenvalue weighted by Crippen LogP contribution is -2.22. The molecule has 1 aromatic rings. The topological polar surface area (TPSA) is 104 Å². The Labute approximate surface area is 106 Å². The molecule has 1 N–H and O–H groups in total. The Morgan fingerprint density at radius 2 is 1.89 bits per heavy atom. The lowest BCUT2D eigenvalue weighted by molar-refractivity contribution is 0.595. The number of rotatable bonds is 4. The zero-order valence-electron chi connectivity index (χ0n) is 9.84. The molecule has 0 spiro atoms. The van der Waals surface area contributed by atoms with E-state index in [9.17, 15) is 16.8 Å². The quantitative estimate of drug-likeness (QED) is 0.874. The lowest BCUT2D eigenvalue weighted by Gasteiger charge is -2.09. The summed E-state index contributed by atoms with van der Waals surface area (Å²) in [5, 5.41) is 7.91. The first kappa shape index (κ1) is 14.5. The van der Waals surface area contributed by atoms with Gasteiger partial charge in [0, 0.05) is 6.26 Å². The van der Waals surface area contributed by atoms with Crippen LogP contribution in [0.4, 0.5) is 5.69 Å². The molecule has 1 rings (SSSR count). The molecular formula is C10H12N2O4S2. The summed E-state index contributed by atoms with van der Waals surface area (Å²) in [6.07, 6.45) is 0.827. The van der Waals surface area contributed by atoms with Gasteiger partial charge in [0.2, 0.25) is 10.0 Å². The first-order valence-electron chi connectivity index (χ1n) is 4.82. The predicted octanol–water partition coefficient (Wildman–Crippen LogP) is 0.611. The first-order valence-corrected chi connectivity index (χ1v) is 8.54. The van der Waals surface area contributed by atoms with Crippen molar-refractivity contribution < 1.29 is 16.8 Å². The van der Waals surface area contributed by atoms with E-state index in [-0.39, 0.29) is 11.3 Å². The van der Waals surface area contributed by atoms with Crippen LogP contribution in [0.15, 0.2) is 18.2 Å². The standard InChI is InChI=1S/C10H12N2O4S2/c1-8-4-3-5-10(9(8)6-11)12-18(15,16)7-17(2,13)14/h3-5,12H,7H2,1-2H3. The molecule has 0 heterocycles. The van der Waals surface area contributed by atoms with Crippen molar-refractivity contribution in [2.45, 2.75) is 6.92 Å². The van der Waals surface area contributed by atoms with Crippen molar-refractivity contribution >= 4 is 25.5 Å². The Morgan fingerprint density at radius 1 is 1.28 bits per heavy atom. The van der Waals surface area contributed by atoms with E-state index >= 15 is 0 Å². The van der Waals surface area contributed by atoms with E-state index in [1.54, 1.807) is 19.1 Å². The van der Waals surface area contributed by atoms with Crippen LogP contribution >= 0.6 is 0 Å². The zero-order valence-corrected chi connectivity index (χ0v) is 11.5. The summed E-state index contributed by atoms with van der Waals surface area (Å²) in [6.45, 7) is 1.66. The zero-order chi connectivity index (χ0) is 14.0. The second-order valence-electron chi connectivity index (χ2n) is 3.87. The first-order chi connectivity index (χ1) is 8.14. The van der Waals surface area contributed by atoms with Crippen LogP contribution in [0.1, 0.15) is 11.1 Å². The predicted molar refractivity (Wildman–Crippen MR) is 68.1 cm³/mol. The van der Waals surface area contributed by atoms with Crippen LogP contribution in [0.2, 0.25) is 0 Å². The Balaban J connectivity index is 3.14. The minimum Gasteiger partial charge on any atom is -0.281 e. The van der Waals surface area contributed by atoms with Crippen molar-refractivity contribution in [1.82, 2.24) is 0 Å². The number of anilines is 1. The monoisotopic (exact) mass is 288 g/mol. The molecular weight excluding hydrogens is 276 g/mol. The molecule has 0 saturated carbocycles. The molecule has 0 atom stereocenters. The van der Waals surface area contributed by atoms with Crippen LogP contribution in [0.3, 0.4) is 0 Å². The molecule has 8 heteroatoms. The smallest absolute Gasteiger partial charge is 0.247 e. The Kier molecular flexibility index (Phi) is 3.98. The molecule has 0 radical (unpaired) electrons. The molecule has 0 aliphatic carbocycles. The summed E-state index contributed by atoms with van der Waals surface area (Å²) in [4.78, 5) is 0. The summed E-state index contributed by atoms with van der Waals surface area (Å²) in [7, 11) is -7.70. The average molecular weight is 288 g/mol. The van der Waals surface area contributed by atoms with Crippen molar-refractivity contribution in [2.24, 2.45) is 0 Å². The molecule has 0 aliphatic rings. The normalized spacial score (nSPS) is 11.8. The van der Waals surface area contributed by atoms with E-state index in [1.165, 1.54) is 6.07 Å². The second-order valence-corrected chi connectivity index (χ2v) is 8.10. The minimum atomic E-state index is -4.03. The Bertz CT molecular complexity index is 700. The van der Waals surface area contributed by atoms with Gasteiger partial charge in [-0.25, -0.2) is 16.8 Å². The van der Waals surface area contributed by atoms with Crippen molar-refractivity contribution in [3.05, 3.63) is 29.3 Å². The van der Waals surface area contributed by atoms with Gasteiger partial charge in [-0.2, -0.15) is 5.26 Å². The van der Waals surface area contributed by atoms with Gasteiger partial charge in [-0.3, -0.25) is 4.72 Å². The molecule has 0 aromatic heterocycles. The van der Waals surface area contributed by atoms with Crippen LogP contribution in [0.5, 0.6) is 0 Å². The summed E-state index contributed by atoms with van der Waals surface area (Å²) in [6, 6.07) is 6.52. The highest BCUT2D eigenvalue weighted by Gasteiger charge is 2.19. The van der Waals surface area contributed by atoms with Crippen LogP contribution < -0.4 is 4.72 Å². The molecule has 0 fully saturated rings. The maximum absolute atomic E-state index is 11.6. The van der Waals surface area contributed by atoms with Crippen LogP contribution in [0.25, 0.3) is 0 Å². The fraction of sp³-hybridized carbons (Fsp3) is 0.300. The van der Waals surface area contributed by atoms with E-state index in [1.807, 2.05) is 6.07 Å². The Morgan fingerprint density at radius 3 is 2.39 bits per heavy atom. The van der Waals surface area contributed by atoms with E-state index in [2.05, 4.69) is 4.72 Å². The molecule has 0 bridgehead atoms. The average Bonchev–Trinajstić information content (AvgIpc) is 2.13. The summed E-state index contributed by atoms with van der Waals surface area (Å²) >= 11 is 0. The molecule has 0 unspecified atom stereocenters. The third-order valence-corrected chi connectivity index (χ3v) is 5.50. The van der Waals surface area contributed by atoms with Gasteiger partial charge in [-0.15, -0.1) is 0 Å². The van der Waals surface area contributed by atoms with E-state index < -0.39 is 24.9 Å². The molecule has 0 aliphatic heterocycles. The van der Waals surface area contributed by atoms with Gasteiger partial charge >= 0.3 is 0 Å². The third-order valence-electron chi connectivity index (χ3n) is 2.02. The maximum Gasteiger partial charge on any atom is 0.247 e. The Hall–Kier alpha value is -1.59. The van der Waals surface area contributed by atoms with E-state index in [0.29, 0.717) is 5.56 Å². The highest BCUT2D eigenvalue weighted by atomic mass is 32.3. The number of hydrogen-bond donors (Lipinski definition) is 1. The SMILES string of the molecule is Cc1cccc(NS(=O)(=O)CS(C)(=O)=O)c1C#N. The van der Waals surface area contributed by atoms with Gasteiger partial charge < -0.3 is 0 Å². The van der Waals surface area contributed by atoms with Crippen molar-refractivity contribution in [2.75, 3.05) is 16.1 Å². The lowest BCUT2D eigenvalue weighted by atomic mass is 10.1. The number of sulfone groups is 1. The largest absolute Gasteiger partial charge is 0.281 e. The van der Waals surface area contributed by atoms with Crippen molar-refractivity contribution in [3.63, 3.8) is 0 Å². The maximum atomic E-state index is 11.6. The number of hydrogen-bond acceptors (Lipinski definition) is 5. The van der Waals surface area contributed by atoms with Gasteiger partial charge in [0.15, 0.2) is 14.9 Å². The summed E-state index contributed by atoms with van der Waals surface area (Å²) in [5.41, 5.74) is 0.868. The third kappa shape index (κ3) is 4.01. The number of nitrogens with zero attached hydrogens (tertiary/aromatic N) is 1. The molecule has 6 nitrogen and oxygen atoms in total. The number of nitriles is 1. The fourth-order valence-corrected chi connectivity index (χ4v) is 4.38. The van der Waals surface area contributed by atoms with Crippen LogP contribution in [-0.2, 0) is 19.9 Å². The molecule has 1 aromatic carbocycles. The highest BCUT2D eigenvalue weighted by Crippen LogP contribution is 2.19. The second kappa shape index (κ2) is 4.96. The highest BCUT2D eigenvalue weighted by molar-refractivity contribution is 8.08. The molecule has 18 heavy (non-hydrogen) atoms. The molecule has 98 valence electrons.